The van der Waals surface area contributed by atoms with Gasteiger partial charge in [-0.05, 0) is 60.1 Å². The summed E-state index contributed by atoms with van der Waals surface area (Å²) in [5.74, 6) is 1.41. The van der Waals surface area contributed by atoms with Crippen LogP contribution in [0.2, 0.25) is 5.02 Å². The lowest BCUT2D eigenvalue weighted by Gasteiger charge is -2.14. The number of nitrogens with one attached hydrogen (secondary N) is 1. The fourth-order valence-corrected chi connectivity index (χ4v) is 3.19. The van der Waals surface area contributed by atoms with Crippen LogP contribution in [0.15, 0.2) is 48.2 Å². The highest BCUT2D eigenvalue weighted by atomic mass is 35.5. The van der Waals surface area contributed by atoms with Gasteiger partial charge < -0.3 is 14.8 Å². The Kier molecular flexibility index (Phi) is 6.21. The maximum absolute atomic E-state index is 12.9. The molecule has 0 atom stereocenters. The number of halogens is 1. The molecule has 1 aliphatic rings. The summed E-state index contributed by atoms with van der Waals surface area (Å²) < 4.78 is 11.2. The Hall–Kier alpha value is -2.57. The minimum absolute atomic E-state index is 0.243. The van der Waals surface area contributed by atoms with E-state index in [2.05, 4.69) is 19.2 Å². The normalized spacial score (nSPS) is 15.3. The first kappa shape index (κ1) is 20.2. The summed E-state index contributed by atoms with van der Waals surface area (Å²) in [6.07, 6.45) is 1.74. The molecule has 1 aliphatic heterocycles. The van der Waals surface area contributed by atoms with Gasteiger partial charge in [-0.2, -0.15) is 0 Å². The molecule has 0 radical (unpaired) electrons. The van der Waals surface area contributed by atoms with Crippen molar-refractivity contribution in [1.29, 1.82) is 0 Å². The molecule has 0 bridgehead atoms. The summed E-state index contributed by atoms with van der Waals surface area (Å²) in [4.78, 5) is 14.3. The van der Waals surface area contributed by atoms with E-state index in [0.717, 1.165) is 5.56 Å². The van der Waals surface area contributed by atoms with Crippen molar-refractivity contribution >= 4 is 46.6 Å². The highest BCUT2D eigenvalue weighted by Gasteiger charge is 2.32. The van der Waals surface area contributed by atoms with Gasteiger partial charge >= 0.3 is 0 Å². The lowest BCUT2D eigenvalue weighted by atomic mass is 10.1. The second-order valence-electron chi connectivity index (χ2n) is 6.72. The summed E-state index contributed by atoms with van der Waals surface area (Å²) in [7, 11) is 1.60. The van der Waals surface area contributed by atoms with Gasteiger partial charge in [-0.3, -0.25) is 9.69 Å². The van der Waals surface area contributed by atoms with Crippen LogP contribution in [0.5, 0.6) is 11.5 Å². The number of thiocarbonyl (C=S) groups is 1. The zero-order valence-electron chi connectivity index (χ0n) is 15.9. The highest BCUT2D eigenvalue weighted by Crippen LogP contribution is 2.30. The van der Waals surface area contributed by atoms with E-state index in [1.165, 1.54) is 4.90 Å². The highest BCUT2D eigenvalue weighted by molar-refractivity contribution is 7.80. The average Bonchev–Trinajstić information content (AvgIpc) is 2.93. The van der Waals surface area contributed by atoms with Crippen molar-refractivity contribution in [1.82, 2.24) is 5.32 Å². The van der Waals surface area contributed by atoms with Crippen molar-refractivity contribution in [3.8, 4) is 11.5 Å². The van der Waals surface area contributed by atoms with Crippen LogP contribution in [0.4, 0.5) is 5.69 Å². The first-order chi connectivity index (χ1) is 13.4. The largest absolute Gasteiger partial charge is 0.493 e. The molecule has 1 saturated heterocycles. The molecule has 28 heavy (non-hydrogen) atoms. The molecule has 7 heteroatoms. The molecule has 1 amide bonds. The van der Waals surface area contributed by atoms with Crippen LogP contribution in [0, 0.1) is 5.92 Å². The molecule has 5 nitrogen and oxygen atoms in total. The molecule has 2 aromatic carbocycles. The molecular formula is C21H21ClN2O3S. The Labute approximate surface area is 174 Å². The maximum atomic E-state index is 12.9. The third-order valence-electron chi connectivity index (χ3n) is 4.02. The number of anilines is 1. The van der Waals surface area contributed by atoms with Crippen molar-refractivity contribution in [3.63, 3.8) is 0 Å². The molecular weight excluding hydrogens is 396 g/mol. The van der Waals surface area contributed by atoms with E-state index in [1.54, 1.807) is 37.5 Å². The number of nitrogens with zero attached hydrogens (tertiary/aromatic N) is 1. The molecule has 0 aromatic heterocycles. The lowest BCUT2D eigenvalue weighted by Crippen LogP contribution is -2.30. The number of hydrogen-bond acceptors (Lipinski definition) is 4. The van der Waals surface area contributed by atoms with Gasteiger partial charge in [0.05, 0.1) is 19.4 Å². The SMILES string of the molecule is COc1ccc(/C=C2\NC(=S)N(c3cccc(Cl)c3)C2=O)cc1OCC(C)C. The van der Waals surface area contributed by atoms with E-state index in [9.17, 15) is 4.79 Å². The Morgan fingerprint density at radius 2 is 2.00 bits per heavy atom. The number of hydrogen-bond donors (Lipinski definition) is 1. The monoisotopic (exact) mass is 416 g/mol. The Balaban J connectivity index is 1.88. The maximum Gasteiger partial charge on any atom is 0.281 e. The van der Waals surface area contributed by atoms with Gasteiger partial charge in [-0.25, -0.2) is 0 Å². The van der Waals surface area contributed by atoms with Gasteiger partial charge in [0, 0.05) is 5.02 Å². The van der Waals surface area contributed by atoms with Gasteiger partial charge in [-0.1, -0.05) is 37.6 Å². The zero-order valence-corrected chi connectivity index (χ0v) is 17.4. The van der Waals surface area contributed by atoms with Crippen LogP contribution in [-0.4, -0.2) is 24.7 Å². The van der Waals surface area contributed by atoms with E-state index in [1.807, 2.05) is 18.2 Å². The molecule has 0 saturated carbocycles. The van der Waals surface area contributed by atoms with Gasteiger partial charge in [0.2, 0.25) is 0 Å². The summed E-state index contributed by atoms with van der Waals surface area (Å²) in [6.45, 7) is 4.72. The molecule has 0 unspecified atom stereocenters. The van der Waals surface area contributed by atoms with Gasteiger partial charge in [0.1, 0.15) is 5.70 Å². The summed E-state index contributed by atoms with van der Waals surface area (Å²) in [5.41, 5.74) is 1.80. The van der Waals surface area contributed by atoms with Crippen LogP contribution in [-0.2, 0) is 4.79 Å². The lowest BCUT2D eigenvalue weighted by molar-refractivity contribution is -0.113. The van der Waals surface area contributed by atoms with Crippen molar-refractivity contribution in [2.45, 2.75) is 13.8 Å². The minimum atomic E-state index is -0.243. The third kappa shape index (κ3) is 4.46. The number of amides is 1. The Morgan fingerprint density at radius 3 is 2.68 bits per heavy atom. The smallest absolute Gasteiger partial charge is 0.281 e. The van der Waals surface area contributed by atoms with Gasteiger partial charge in [0.25, 0.3) is 5.91 Å². The predicted octanol–water partition coefficient (Wildman–Crippen LogP) is 4.65. The van der Waals surface area contributed by atoms with Crippen molar-refractivity contribution in [2.75, 3.05) is 18.6 Å². The second-order valence-corrected chi connectivity index (χ2v) is 7.55. The van der Waals surface area contributed by atoms with Gasteiger partial charge in [0.15, 0.2) is 16.6 Å². The molecule has 3 rings (SSSR count). The fourth-order valence-electron chi connectivity index (χ4n) is 2.70. The third-order valence-corrected chi connectivity index (χ3v) is 4.54. The number of carbonyl (C=O) groups is 1. The number of ether oxygens (including phenoxy) is 2. The molecule has 0 aliphatic carbocycles. The standard InChI is InChI=1S/C21H21ClN2O3S/c1-13(2)12-27-19-10-14(7-8-18(19)26-3)9-17-20(25)24(21(28)23-17)16-6-4-5-15(22)11-16/h4-11,13H,12H2,1-3H3,(H,23,28)/b17-9-. The second kappa shape index (κ2) is 8.63. The molecule has 2 aromatic rings. The summed E-state index contributed by atoms with van der Waals surface area (Å²) in [5, 5.41) is 3.82. The number of benzene rings is 2. The Bertz CT molecular complexity index is 943. The van der Waals surface area contributed by atoms with Crippen molar-refractivity contribution in [2.24, 2.45) is 5.92 Å². The first-order valence-electron chi connectivity index (χ1n) is 8.82. The molecule has 146 valence electrons. The van der Waals surface area contributed by atoms with E-state index in [4.69, 9.17) is 33.3 Å². The topological polar surface area (TPSA) is 50.8 Å². The summed E-state index contributed by atoms with van der Waals surface area (Å²) >= 11 is 11.4. The van der Waals surface area contributed by atoms with Crippen molar-refractivity contribution in [3.05, 3.63) is 58.7 Å². The predicted molar refractivity (Wildman–Crippen MR) is 116 cm³/mol. The van der Waals surface area contributed by atoms with Crippen LogP contribution < -0.4 is 19.7 Å². The quantitative estimate of drug-likeness (QED) is 0.549. The van der Waals surface area contributed by atoms with Crippen LogP contribution in [0.25, 0.3) is 6.08 Å². The first-order valence-corrected chi connectivity index (χ1v) is 9.61. The average molecular weight is 417 g/mol. The molecule has 1 heterocycles. The number of carbonyl (C=O) groups excluding carboxylic acids is 1. The van der Waals surface area contributed by atoms with E-state index >= 15 is 0 Å². The van der Waals surface area contributed by atoms with E-state index < -0.39 is 0 Å². The van der Waals surface area contributed by atoms with Crippen molar-refractivity contribution < 1.29 is 14.3 Å². The molecule has 1 N–H and O–H groups in total. The van der Waals surface area contributed by atoms with E-state index in [0.29, 0.717) is 45.5 Å². The molecule has 1 fully saturated rings. The number of rotatable bonds is 6. The minimum Gasteiger partial charge on any atom is -0.493 e. The fraction of sp³-hybridized carbons (Fsp3) is 0.238. The van der Waals surface area contributed by atoms with Crippen LogP contribution in [0.3, 0.4) is 0 Å². The van der Waals surface area contributed by atoms with E-state index in [-0.39, 0.29) is 5.91 Å². The van der Waals surface area contributed by atoms with Crippen LogP contribution in [0.1, 0.15) is 19.4 Å². The molecule has 0 spiro atoms. The zero-order chi connectivity index (χ0) is 20.3. The van der Waals surface area contributed by atoms with Crippen LogP contribution >= 0.6 is 23.8 Å². The van der Waals surface area contributed by atoms with Gasteiger partial charge in [-0.15, -0.1) is 0 Å². The Morgan fingerprint density at radius 1 is 1.21 bits per heavy atom. The number of methoxy groups -OCH3 is 1. The summed E-state index contributed by atoms with van der Waals surface area (Å²) in [6, 6.07) is 12.5.